The van der Waals surface area contributed by atoms with Gasteiger partial charge < -0.3 is 20.1 Å². The van der Waals surface area contributed by atoms with Gasteiger partial charge in [0.2, 0.25) is 11.1 Å². The summed E-state index contributed by atoms with van der Waals surface area (Å²) in [6.45, 7) is 2.97. The highest BCUT2D eigenvalue weighted by atomic mass is 32.1. The van der Waals surface area contributed by atoms with Crippen molar-refractivity contribution in [3.8, 4) is 5.95 Å². The fraction of sp³-hybridized carbons (Fsp3) is 0.381. The Hall–Kier alpha value is -2.91. The summed E-state index contributed by atoms with van der Waals surface area (Å²) in [5, 5.41) is 7.86. The highest BCUT2D eigenvalue weighted by molar-refractivity contribution is 7.09. The molecule has 0 bridgehead atoms. The van der Waals surface area contributed by atoms with Crippen molar-refractivity contribution in [2.24, 2.45) is 0 Å². The first kappa shape index (κ1) is 20.4. The lowest BCUT2D eigenvalue weighted by atomic mass is 9.96. The molecule has 2 N–H and O–H groups in total. The molecule has 158 valence electrons. The van der Waals surface area contributed by atoms with Crippen molar-refractivity contribution in [2.75, 3.05) is 11.9 Å². The summed E-state index contributed by atoms with van der Waals surface area (Å²) in [6, 6.07) is 0.343. The van der Waals surface area contributed by atoms with Crippen LogP contribution in [-0.2, 0) is 9.47 Å². The SMILES string of the molecule is CC(CCNc1nc(-n2ccnc2)ns1)NC(CC1=CC=CCC1)C1=COC=CO1. The van der Waals surface area contributed by atoms with E-state index in [4.69, 9.17) is 9.47 Å². The van der Waals surface area contributed by atoms with E-state index in [1.165, 1.54) is 23.4 Å². The number of allylic oxidation sites excluding steroid dienone is 3. The van der Waals surface area contributed by atoms with Crippen LogP contribution in [0.25, 0.3) is 5.95 Å². The van der Waals surface area contributed by atoms with E-state index in [1.807, 2.05) is 6.20 Å². The lowest BCUT2D eigenvalue weighted by Crippen LogP contribution is -2.39. The van der Waals surface area contributed by atoms with Gasteiger partial charge in [-0.25, -0.2) is 4.98 Å². The number of nitrogens with zero attached hydrogens (tertiary/aromatic N) is 4. The molecule has 0 spiro atoms. The van der Waals surface area contributed by atoms with Crippen LogP contribution in [0.3, 0.4) is 0 Å². The van der Waals surface area contributed by atoms with E-state index >= 15 is 0 Å². The molecule has 0 saturated carbocycles. The van der Waals surface area contributed by atoms with Crippen LogP contribution in [0.2, 0.25) is 0 Å². The minimum Gasteiger partial charge on any atom is -0.466 e. The Kier molecular flexibility index (Phi) is 6.94. The van der Waals surface area contributed by atoms with Crippen LogP contribution in [0.5, 0.6) is 0 Å². The van der Waals surface area contributed by atoms with Crippen molar-refractivity contribution in [2.45, 2.75) is 44.7 Å². The fourth-order valence-electron chi connectivity index (χ4n) is 3.36. The molecule has 0 amide bonds. The Balaban J connectivity index is 1.28. The van der Waals surface area contributed by atoms with E-state index < -0.39 is 0 Å². The zero-order chi connectivity index (χ0) is 20.6. The van der Waals surface area contributed by atoms with E-state index in [0.717, 1.165) is 43.1 Å². The first-order valence-electron chi connectivity index (χ1n) is 10.1. The second-order valence-electron chi connectivity index (χ2n) is 7.25. The molecule has 1 aliphatic carbocycles. The molecule has 2 aromatic rings. The molecule has 0 aromatic carbocycles. The third-order valence-electron chi connectivity index (χ3n) is 4.92. The normalized spacial score (nSPS) is 17.5. The lowest BCUT2D eigenvalue weighted by Gasteiger charge is -2.27. The number of aromatic nitrogens is 4. The highest BCUT2D eigenvalue weighted by Crippen LogP contribution is 2.23. The summed E-state index contributed by atoms with van der Waals surface area (Å²) < 4.78 is 17.2. The van der Waals surface area contributed by atoms with Crippen LogP contribution < -0.4 is 10.6 Å². The number of rotatable bonds is 10. The van der Waals surface area contributed by atoms with E-state index in [2.05, 4.69) is 50.1 Å². The topological polar surface area (TPSA) is 86.1 Å². The Morgan fingerprint density at radius 2 is 2.30 bits per heavy atom. The lowest BCUT2D eigenvalue weighted by molar-refractivity contribution is 0.220. The highest BCUT2D eigenvalue weighted by Gasteiger charge is 2.21. The predicted molar refractivity (Wildman–Crippen MR) is 117 cm³/mol. The molecule has 9 heteroatoms. The minimum atomic E-state index is 0.0667. The quantitative estimate of drug-likeness (QED) is 0.596. The maximum Gasteiger partial charge on any atom is 0.248 e. The van der Waals surface area contributed by atoms with Crippen LogP contribution in [-0.4, -0.2) is 37.5 Å². The van der Waals surface area contributed by atoms with Crippen LogP contribution >= 0.6 is 11.5 Å². The summed E-state index contributed by atoms with van der Waals surface area (Å²) in [5.74, 6) is 1.44. The Labute approximate surface area is 180 Å². The molecule has 0 saturated heterocycles. The Morgan fingerprint density at radius 3 is 3.07 bits per heavy atom. The molecule has 4 rings (SSSR count). The predicted octanol–water partition coefficient (Wildman–Crippen LogP) is 3.90. The summed E-state index contributed by atoms with van der Waals surface area (Å²) in [5.41, 5.74) is 1.42. The monoisotopic (exact) mass is 426 g/mol. The molecule has 0 fully saturated rings. The van der Waals surface area contributed by atoms with Gasteiger partial charge in [0.05, 0.1) is 6.04 Å². The summed E-state index contributed by atoms with van der Waals surface area (Å²) in [7, 11) is 0. The van der Waals surface area contributed by atoms with Gasteiger partial charge in [0.15, 0.2) is 5.76 Å². The van der Waals surface area contributed by atoms with Crippen LogP contribution in [0, 0.1) is 0 Å². The number of hydrogen-bond donors (Lipinski definition) is 2. The van der Waals surface area contributed by atoms with Gasteiger partial charge in [0.25, 0.3) is 0 Å². The number of hydrogen-bond acceptors (Lipinski definition) is 8. The van der Waals surface area contributed by atoms with Crippen molar-refractivity contribution in [1.82, 2.24) is 24.2 Å². The first-order chi connectivity index (χ1) is 14.8. The number of anilines is 1. The number of nitrogens with one attached hydrogen (secondary N) is 2. The third-order valence-corrected chi connectivity index (χ3v) is 5.59. The van der Waals surface area contributed by atoms with Crippen molar-refractivity contribution in [3.63, 3.8) is 0 Å². The van der Waals surface area contributed by atoms with E-state index in [0.29, 0.717) is 5.95 Å². The molecule has 2 aromatic heterocycles. The Bertz CT molecular complexity index is 931. The van der Waals surface area contributed by atoms with Crippen LogP contribution in [0.4, 0.5) is 5.13 Å². The van der Waals surface area contributed by atoms with Gasteiger partial charge in [-0.3, -0.25) is 4.57 Å². The van der Waals surface area contributed by atoms with Crippen molar-refractivity contribution in [1.29, 1.82) is 0 Å². The van der Waals surface area contributed by atoms with Gasteiger partial charge >= 0.3 is 0 Å². The molecule has 1 aliphatic heterocycles. The maximum atomic E-state index is 5.70. The smallest absolute Gasteiger partial charge is 0.248 e. The van der Waals surface area contributed by atoms with Gasteiger partial charge in [0, 0.05) is 36.5 Å². The molecule has 8 nitrogen and oxygen atoms in total. The maximum absolute atomic E-state index is 5.70. The van der Waals surface area contributed by atoms with Crippen molar-refractivity contribution < 1.29 is 9.47 Å². The van der Waals surface area contributed by atoms with Gasteiger partial charge in [0.1, 0.15) is 25.1 Å². The molecule has 2 aliphatic rings. The average molecular weight is 427 g/mol. The van der Waals surface area contributed by atoms with E-state index in [-0.39, 0.29) is 12.1 Å². The zero-order valence-electron chi connectivity index (χ0n) is 16.9. The molecule has 0 radical (unpaired) electrons. The van der Waals surface area contributed by atoms with Crippen LogP contribution in [0.1, 0.15) is 32.6 Å². The third kappa shape index (κ3) is 5.58. The van der Waals surface area contributed by atoms with Crippen molar-refractivity contribution >= 4 is 16.7 Å². The summed E-state index contributed by atoms with van der Waals surface area (Å²) >= 11 is 1.35. The van der Waals surface area contributed by atoms with Gasteiger partial charge in [-0.15, -0.1) is 0 Å². The van der Waals surface area contributed by atoms with Gasteiger partial charge in [-0.1, -0.05) is 23.8 Å². The second-order valence-corrected chi connectivity index (χ2v) is 8.00. The molecular weight excluding hydrogens is 400 g/mol. The molecular formula is C21H26N6O2S. The van der Waals surface area contributed by atoms with Gasteiger partial charge in [-0.2, -0.15) is 9.36 Å². The first-order valence-corrected chi connectivity index (χ1v) is 10.9. The number of imidazole rings is 1. The standard InChI is InChI=1S/C21H26N6O2S/c1-16(7-8-23-21-25-20(26-30-21)27-10-9-22-15-27)24-18(19-14-28-11-12-29-19)13-17-5-3-2-4-6-17/h2-3,5,9-12,14-16,18,24H,4,6-8,13H2,1H3,(H,23,25,26). The largest absolute Gasteiger partial charge is 0.466 e. The molecule has 2 unspecified atom stereocenters. The van der Waals surface area contributed by atoms with E-state index in [9.17, 15) is 0 Å². The fourth-order valence-corrected chi connectivity index (χ4v) is 3.95. The molecule has 30 heavy (non-hydrogen) atoms. The molecule has 3 heterocycles. The van der Waals surface area contributed by atoms with Gasteiger partial charge in [-0.05, 0) is 32.6 Å². The summed E-state index contributed by atoms with van der Waals surface area (Å²) in [6.07, 6.45) is 20.6. The van der Waals surface area contributed by atoms with E-state index in [1.54, 1.807) is 29.6 Å². The second kappa shape index (κ2) is 10.2. The zero-order valence-corrected chi connectivity index (χ0v) is 17.7. The number of ether oxygens (including phenoxy) is 2. The van der Waals surface area contributed by atoms with Crippen LogP contribution in [0.15, 0.2) is 67.1 Å². The minimum absolute atomic E-state index is 0.0667. The molecule has 2 atom stereocenters. The van der Waals surface area contributed by atoms with Crippen molar-refractivity contribution in [3.05, 3.63) is 67.1 Å². The average Bonchev–Trinajstić information content (AvgIpc) is 3.47. The summed E-state index contributed by atoms with van der Waals surface area (Å²) in [4.78, 5) is 8.52. The Morgan fingerprint density at radius 1 is 1.33 bits per heavy atom.